The van der Waals surface area contributed by atoms with Gasteiger partial charge in [-0.1, -0.05) is 178 Å². The van der Waals surface area contributed by atoms with Crippen LogP contribution in [0, 0.1) is 0 Å². The van der Waals surface area contributed by atoms with Crippen molar-refractivity contribution < 1.29 is 0 Å². The van der Waals surface area contributed by atoms with Gasteiger partial charge in [0.25, 0.3) is 0 Å². The van der Waals surface area contributed by atoms with E-state index in [0.717, 1.165) is 16.7 Å². The van der Waals surface area contributed by atoms with Crippen molar-refractivity contribution in [2.45, 2.75) is 24.7 Å². The maximum Gasteiger partial charge on any atom is 0.164 e. The van der Waals surface area contributed by atoms with E-state index in [1.165, 1.54) is 66.8 Å². The second-order valence-electron chi connectivity index (χ2n) is 14.7. The maximum absolute atomic E-state index is 5.43. The van der Waals surface area contributed by atoms with Crippen molar-refractivity contribution in [1.82, 2.24) is 15.0 Å². The number of fused-ring (bicyclic) bond motifs is 13. The highest BCUT2D eigenvalue weighted by atomic mass is 15.0. The SMILES string of the molecule is CC1(C)c2ccccc2-c2c(-c3nc(-c4ccccc4)nc(-c4cccc5c4-c4ccccc4C54c5ccccc5-c5ccccc54)n3)cccc21. The van der Waals surface area contributed by atoms with E-state index in [4.69, 9.17) is 15.0 Å². The molecular formula is C49H33N3. The summed E-state index contributed by atoms with van der Waals surface area (Å²) in [6, 6.07) is 59.2. The molecule has 244 valence electrons. The van der Waals surface area contributed by atoms with E-state index in [-0.39, 0.29) is 5.41 Å². The van der Waals surface area contributed by atoms with E-state index >= 15 is 0 Å². The summed E-state index contributed by atoms with van der Waals surface area (Å²) in [6.45, 7) is 4.63. The number of nitrogens with zero attached hydrogens (tertiary/aromatic N) is 3. The summed E-state index contributed by atoms with van der Waals surface area (Å²) >= 11 is 0. The molecule has 0 fully saturated rings. The number of aromatic nitrogens is 3. The maximum atomic E-state index is 5.43. The van der Waals surface area contributed by atoms with Crippen LogP contribution in [0.5, 0.6) is 0 Å². The molecule has 0 aliphatic heterocycles. The second kappa shape index (κ2) is 10.5. The van der Waals surface area contributed by atoms with Crippen LogP contribution in [0.25, 0.3) is 67.5 Å². The summed E-state index contributed by atoms with van der Waals surface area (Å²) in [5, 5.41) is 0. The molecule has 3 aliphatic rings. The third kappa shape index (κ3) is 3.72. The zero-order chi connectivity index (χ0) is 34.6. The van der Waals surface area contributed by atoms with Crippen LogP contribution in [0.4, 0.5) is 0 Å². The molecule has 0 unspecified atom stereocenters. The van der Waals surface area contributed by atoms with Gasteiger partial charge >= 0.3 is 0 Å². The molecular weight excluding hydrogens is 631 g/mol. The molecule has 1 heterocycles. The third-order valence-electron chi connectivity index (χ3n) is 11.8. The molecule has 0 amide bonds. The van der Waals surface area contributed by atoms with Gasteiger partial charge in [-0.25, -0.2) is 15.0 Å². The molecule has 3 nitrogen and oxygen atoms in total. The second-order valence-corrected chi connectivity index (χ2v) is 14.7. The van der Waals surface area contributed by atoms with E-state index in [0.29, 0.717) is 17.5 Å². The fraction of sp³-hybridized carbons (Fsp3) is 0.0816. The van der Waals surface area contributed by atoms with Crippen LogP contribution in [0.2, 0.25) is 0 Å². The van der Waals surface area contributed by atoms with Gasteiger partial charge in [-0.15, -0.1) is 0 Å². The predicted molar refractivity (Wildman–Crippen MR) is 210 cm³/mol. The lowest BCUT2D eigenvalue weighted by molar-refractivity contribution is 0.660. The van der Waals surface area contributed by atoms with Crippen LogP contribution in [-0.4, -0.2) is 15.0 Å². The van der Waals surface area contributed by atoms with Crippen LogP contribution >= 0.6 is 0 Å². The molecule has 8 aromatic rings. The van der Waals surface area contributed by atoms with Crippen LogP contribution in [0.3, 0.4) is 0 Å². The Labute approximate surface area is 303 Å². The molecule has 0 bridgehead atoms. The predicted octanol–water partition coefficient (Wildman–Crippen LogP) is 11.5. The van der Waals surface area contributed by atoms with Gasteiger partial charge in [-0.3, -0.25) is 0 Å². The first kappa shape index (κ1) is 29.3. The topological polar surface area (TPSA) is 38.7 Å². The standard InChI is InChI=1S/C49H33N3/c1-48(2)37-24-10-8-20-33(37)43-35(22-14-28-41(43)48)46-50-45(30-16-4-3-5-17-30)51-47(52-46)36-23-15-29-42-44(36)34-21-9-13-27-40(34)49(42)38-25-11-6-18-31(38)32-19-7-12-26-39(32)49/h3-29H,1-2H3. The van der Waals surface area contributed by atoms with Crippen molar-refractivity contribution >= 4 is 0 Å². The van der Waals surface area contributed by atoms with Crippen molar-refractivity contribution in [3.8, 4) is 67.5 Å². The van der Waals surface area contributed by atoms with Gasteiger partial charge in [0.2, 0.25) is 0 Å². The van der Waals surface area contributed by atoms with E-state index in [1.54, 1.807) is 0 Å². The van der Waals surface area contributed by atoms with E-state index < -0.39 is 5.41 Å². The average molecular weight is 664 g/mol. The molecule has 0 N–H and O–H groups in total. The Bertz CT molecular complexity index is 2730. The Balaban J connectivity index is 1.21. The van der Waals surface area contributed by atoms with Crippen molar-refractivity contribution in [1.29, 1.82) is 0 Å². The van der Waals surface area contributed by atoms with Crippen LogP contribution in [0.1, 0.15) is 47.2 Å². The highest BCUT2D eigenvalue weighted by Gasteiger charge is 2.52. The summed E-state index contributed by atoms with van der Waals surface area (Å²) < 4.78 is 0. The quantitative estimate of drug-likeness (QED) is 0.189. The highest BCUT2D eigenvalue weighted by molar-refractivity contribution is 5.99. The molecule has 0 saturated carbocycles. The summed E-state index contributed by atoms with van der Waals surface area (Å²) in [7, 11) is 0. The molecule has 0 atom stereocenters. The van der Waals surface area contributed by atoms with Crippen molar-refractivity contribution in [3.05, 3.63) is 197 Å². The minimum atomic E-state index is -0.442. The zero-order valence-electron chi connectivity index (χ0n) is 28.9. The van der Waals surface area contributed by atoms with Crippen molar-refractivity contribution in [2.75, 3.05) is 0 Å². The summed E-state index contributed by atoms with van der Waals surface area (Å²) in [6.07, 6.45) is 0. The fourth-order valence-electron chi connectivity index (χ4n) is 9.60. The lowest BCUT2D eigenvalue weighted by Crippen LogP contribution is -2.25. The van der Waals surface area contributed by atoms with Crippen LogP contribution in [0.15, 0.2) is 164 Å². The molecule has 0 saturated heterocycles. The highest BCUT2D eigenvalue weighted by Crippen LogP contribution is 2.64. The summed E-state index contributed by atoms with van der Waals surface area (Å²) in [5.74, 6) is 2.03. The zero-order valence-corrected chi connectivity index (χ0v) is 28.9. The fourth-order valence-corrected chi connectivity index (χ4v) is 9.60. The Morgan fingerprint density at radius 1 is 0.308 bits per heavy atom. The summed E-state index contributed by atoms with van der Waals surface area (Å²) in [5.41, 5.74) is 17.7. The lowest BCUT2D eigenvalue weighted by atomic mass is 9.70. The van der Waals surface area contributed by atoms with Gasteiger partial charge in [0.15, 0.2) is 17.5 Å². The molecule has 1 spiro atoms. The molecule has 3 heteroatoms. The lowest BCUT2D eigenvalue weighted by Gasteiger charge is -2.30. The van der Waals surface area contributed by atoms with Gasteiger partial charge in [-0.2, -0.15) is 0 Å². The van der Waals surface area contributed by atoms with Crippen LogP contribution < -0.4 is 0 Å². The number of rotatable bonds is 3. The van der Waals surface area contributed by atoms with Crippen LogP contribution in [-0.2, 0) is 10.8 Å². The van der Waals surface area contributed by atoms with Gasteiger partial charge in [-0.05, 0) is 66.8 Å². The first-order chi connectivity index (χ1) is 25.6. The first-order valence-corrected chi connectivity index (χ1v) is 18.0. The molecule has 7 aromatic carbocycles. The van der Waals surface area contributed by atoms with Crippen molar-refractivity contribution in [2.24, 2.45) is 0 Å². The van der Waals surface area contributed by atoms with Crippen molar-refractivity contribution in [3.63, 3.8) is 0 Å². The van der Waals surface area contributed by atoms with Gasteiger partial charge in [0.05, 0.1) is 5.41 Å². The molecule has 1 aromatic heterocycles. The Hall–Kier alpha value is -6.45. The average Bonchev–Trinajstić information content (AvgIpc) is 3.77. The van der Waals surface area contributed by atoms with Gasteiger partial charge < -0.3 is 0 Å². The third-order valence-corrected chi connectivity index (χ3v) is 11.8. The molecule has 52 heavy (non-hydrogen) atoms. The normalized spacial score (nSPS) is 14.7. The Morgan fingerprint density at radius 3 is 1.29 bits per heavy atom. The van der Waals surface area contributed by atoms with Gasteiger partial charge in [0.1, 0.15) is 0 Å². The minimum Gasteiger partial charge on any atom is -0.208 e. The van der Waals surface area contributed by atoms with E-state index in [1.807, 2.05) is 18.2 Å². The smallest absolute Gasteiger partial charge is 0.164 e. The first-order valence-electron chi connectivity index (χ1n) is 18.0. The number of hydrogen-bond donors (Lipinski definition) is 0. The van der Waals surface area contributed by atoms with E-state index in [2.05, 4.69) is 159 Å². The molecule has 0 radical (unpaired) electrons. The van der Waals surface area contributed by atoms with Gasteiger partial charge in [0, 0.05) is 22.1 Å². The summed E-state index contributed by atoms with van der Waals surface area (Å²) in [4.78, 5) is 16.0. The minimum absolute atomic E-state index is 0.133. The Kier molecular flexibility index (Phi) is 5.94. The largest absolute Gasteiger partial charge is 0.208 e. The number of hydrogen-bond acceptors (Lipinski definition) is 3. The van der Waals surface area contributed by atoms with E-state index in [9.17, 15) is 0 Å². The number of benzene rings is 7. The Morgan fingerprint density at radius 2 is 0.692 bits per heavy atom. The monoisotopic (exact) mass is 663 g/mol. The molecule has 3 aliphatic carbocycles. The molecule has 11 rings (SSSR count).